The number of anilines is 1. The molecule has 27 heavy (non-hydrogen) atoms. The zero-order chi connectivity index (χ0) is 19.6. The standard InChI is InChI=1S/C16H11Cl4N5OS/c17-8-1-3-10(12(19)5-8)15-23-24-16(25(15)21)27-7-14(26)22-9-2-4-11(18)13(20)6-9/h1-6H,7,21H2,(H,22,26). The van der Waals surface area contributed by atoms with E-state index >= 15 is 0 Å². The van der Waals surface area contributed by atoms with Gasteiger partial charge in [0.25, 0.3) is 0 Å². The summed E-state index contributed by atoms with van der Waals surface area (Å²) in [6, 6.07) is 9.79. The summed E-state index contributed by atoms with van der Waals surface area (Å²) in [6.45, 7) is 0. The molecule has 3 N–H and O–H groups in total. The summed E-state index contributed by atoms with van der Waals surface area (Å²) in [7, 11) is 0. The fourth-order valence-electron chi connectivity index (χ4n) is 2.13. The van der Waals surface area contributed by atoms with Gasteiger partial charge in [0, 0.05) is 16.3 Å². The van der Waals surface area contributed by atoms with Gasteiger partial charge in [0.2, 0.25) is 11.1 Å². The number of carbonyl (C=O) groups is 1. The van der Waals surface area contributed by atoms with Gasteiger partial charge in [-0.3, -0.25) is 4.79 Å². The molecule has 0 aliphatic carbocycles. The van der Waals surface area contributed by atoms with E-state index in [4.69, 9.17) is 52.2 Å². The molecule has 2 aromatic carbocycles. The van der Waals surface area contributed by atoms with Crippen molar-refractivity contribution in [3.8, 4) is 11.4 Å². The van der Waals surface area contributed by atoms with E-state index in [1.807, 2.05) is 0 Å². The van der Waals surface area contributed by atoms with Crippen LogP contribution in [-0.4, -0.2) is 26.5 Å². The summed E-state index contributed by atoms with van der Waals surface area (Å²) in [4.78, 5) is 12.1. The lowest BCUT2D eigenvalue weighted by Gasteiger charge is -2.07. The third kappa shape index (κ3) is 4.80. The number of halogens is 4. The zero-order valence-electron chi connectivity index (χ0n) is 13.4. The molecule has 0 radical (unpaired) electrons. The zero-order valence-corrected chi connectivity index (χ0v) is 17.3. The first-order valence-electron chi connectivity index (χ1n) is 7.39. The van der Waals surface area contributed by atoms with E-state index in [2.05, 4.69) is 15.5 Å². The van der Waals surface area contributed by atoms with E-state index in [0.29, 0.717) is 42.3 Å². The number of nitrogens with one attached hydrogen (secondary N) is 1. The van der Waals surface area contributed by atoms with Crippen LogP contribution in [0.5, 0.6) is 0 Å². The number of aromatic nitrogens is 3. The van der Waals surface area contributed by atoms with E-state index in [0.717, 1.165) is 11.8 Å². The van der Waals surface area contributed by atoms with Gasteiger partial charge in [-0.1, -0.05) is 58.2 Å². The molecular formula is C16H11Cl4N5OS. The van der Waals surface area contributed by atoms with Gasteiger partial charge in [0.05, 0.1) is 20.8 Å². The third-order valence-electron chi connectivity index (χ3n) is 3.37. The minimum absolute atomic E-state index is 0.0733. The molecule has 6 nitrogen and oxygen atoms in total. The van der Waals surface area contributed by atoms with E-state index in [1.165, 1.54) is 4.68 Å². The average molecular weight is 463 g/mol. The monoisotopic (exact) mass is 461 g/mol. The number of thioether (sulfide) groups is 1. The van der Waals surface area contributed by atoms with Gasteiger partial charge >= 0.3 is 0 Å². The van der Waals surface area contributed by atoms with Crippen LogP contribution in [0.2, 0.25) is 20.1 Å². The van der Waals surface area contributed by atoms with Crippen LogP contribution in [-0.2, 0) is 4.79 Å². The fourth-order valence-corrected chi connectivity index (χ4v) is 3.58. The smallest absolute Gasteiger partial charge is 0.234 e. The lowest BCUT2D eigenvalue weighted by atomic mass is 10.2. The van der Waals surface area contributed by atoms with Gasteiger partial charge in [-0.05, 0) is 36.4 Å². The highest BCUT2D eigenvalue weighted by atomic mass is 35.5. The van der Waals surface area contributed by atoms with Crippen molar-refractivity contribution in [3.63, 3.8) is 0 Å². The maximum Gasteiger partial charge on any atom is 0.234 e. The SMILES string of the molecule is Nn1c(SCC(=O)Nc2ccc(Cl)c(Cl)c2)nnc1-c1ccc(Cl)cc1Cl. The van der Waals surface area contributed by atoms with Crippen LogP contribution in [0.4, 0.5) is 5.69 Å². The van der Waals surface area contributed by atoms with Gasteiger partial charge in [-0.25, -0.2) is 4.68 Å². The Labute approximate surface area is 178 Å². The molecule has 0 aliphatic rings. The Hall–Kier alpha value is -1.64. The molecule has 140 valence electrons. The van der Waals surface area contributed by atoms with Crippen molar-refractivity contribution in [2.24, 2.45) is 0 Å². The summed E-state index contributed by atoms with van der Waals surface area (Å²) in [5.41, 5.74) is 1.13. The molecule has 0 saturated heterocycles. The Bertz CT molecular complexity index is 1010. The summed E-state index contributed by atoms with van der Waals surface area (Å²) in [5, 5.41) is 12.8. The summed E-state index contributed by atoms with van der Waals surface area (Å²) < 4.78 is 1.27. The predicted octanol–water partition coefficient (Wildman–Crippen LogP) is 5.00. The van der Waals surface area contributed by atoms with Crippen molar-refractivity contribution in [2.75, 3.05) is 16.9 Å². The highest BCUT2D eigenvalue weighted by Crippen LogP contribution is 2.30. The van der Waals surface area contributed by atoms with Crippen LogP contribution in [0.15, 0.2) is 41.6 Å². The van der Waals surface area contributed by atoms with Crippen LogP contribution in [0.3, 0.4) is 0 Å². The van der Waals surface area contributed by atoms with Crippen molar-refractivity contribution >= 4 is 69.8 Å². The maximum absolute atomic E-state index is 12.1. The van der Waals surface area contributed by atoms with Gasteiger partial charge < -0.3 is 11.2 Å². The second-order valence-corrected chi connectivity index (χ2v) is 7.87. The number of amides is 1. The first-order chi connectivity index (χ1) is 12.8. The molecule has 0 unspecified atom stereocenters. The molecule has 0 spiro atoms. The Balaban J connectivity index is 1.67. The van der Waals surface area contributed by atoms with Crippen molar-refractivity contribution in [3.05, 3.63) is 56.5 Å². The lowest BCUT2D eigenvalue weighted by Crippen LogP contribution is -2.16. The number of benzene rings is 2. The van der Waals surface area contributed by atoms with Crippen molar-refractivity contribution in [1.29, 1.82) is 0 Å². The fraction of sp³-hybridized carbons (Fsp3) is 0.0625. The molecule has 11 heteroatoms. The normalized spacial score (nSPS) is 10.8. The molecule has 0 saturated carbocycles. The number of carbonyl (C=O) groups excluding carboxylic acids is 1. The predicted molar refractivity (Wildman–Crippen MR) is 111 cm³/mol. The molecule has 1 aromatic heterocycles. The maximum atomic E-state index is 12.1. The van der Waals surface area contributed by atoms with Gasteiger partial charge in [-0.2, -0.15) is 0 Å². The van der Waals surface area contributed by atoms with Crippen LogP contribution < -0.4 is 11.2 Å². The highest BCUT2D eigenvalue weighted by molar-refractivity contribution is 7.99. The summed E-state index contributed by atoms with van der Waals surface area (Å²) in [6.07, 6.45) is 0. The summed E-state index contributed by atoms with van der Waals surface area (Å²) in [5.74, 6) is 6.21. The second-order valence-electron chi connectivity index (χ2n) is 5.27. The molecule has 0 fully saturated rings. The molecule has 0 bridgehead atoms. The minimum Gasteiger partial charge on any atom is -0.335 e. The van der Waals surface area contributed by atoms with Gasteiger partial charge in [0.1, 0.15) is 0 Å². The van der Waals surface area contributed by atoms with Crippen LogP contribution in [0.1, 0.15) is 0 Å². The number of hydrogen-bond donors (Lipinski definition) is 2. The van der Waals surface area contributed by atoms with E-state index < -0.39 is 0 Å². The Kier molecular flexibility index (Phi) is 6.39. The topological polar surface area (TPSA) is 85.8 Å². The number of nitrogens with two attached hydrogens (primary N) is 1. The quantitative estimate of drug-likeness (QED) is 0.411. The van der Waals surface area contributed by atoms with Crippen molar-refractivity contribution in [1.82, 2.24) is 14.9 Å². The number of nitrogens with zero attached hydrogens (tertiary/aromatic N) is 3. The average Bonchev–Trinajstić information content (AvgIpc) is 2.97. The molecule has 3 aromatic rings. The molecule has 0 aliphatic heterocycles. The molecule has 1 heterocycles. The number of rotatable bonds is 5. The molecule has 3 rings (SSSR count). The van der Waals surface area contributed by atoms with E-state index in [9.17, 15) is 4.79 Å². The van der Waals surface area contributed by atoms with Crippen LogP contribution in [0, 0.1) is 0 Å². The third-order valence-corrected chi connectivity index (χ3v) is 5.60. The lowest BCUT2D eigenvalue weighted by molar-refractivity contribution is -0.113. The first-order valence-corrected chi connectivity index (χ1v) is 9.88. The Morgan fingerprint density at radius 3 is 2.52 bits per heavy atom. The van der Waals surface area contributed by atoms with Crippen LogP contribution in [0.25, 0.3) is 11.4 Å². The highest BCUT2D eigenvalue weighted by Gasteiger charge is 2.16. The Morgan fingerprint density at radius 1 is 1.04 bits per heavy atom. The largest absolute Gasteiger partial charge is 0.335 e. The van der Waals surface area contributed by atoms with Crippen molar-refractivity contribution in [2.45, 2.75) is 5.16 Å². The Morgan fingerprint density at radius 2 is 1.81 bits per heavy atom. The second kappa shape index (κ2) is 8.58. The van der Waals surface area contributed by atoms with Crippen molar-refractivity contribution < 1.29 is 4.79 Å². The number of hydrogen-bond acceptors (Lipinski definition) is 5. The summed E-state index contributed by atoms with van der Waals surface area (Å²) >= 11 is 25.0. The van der Waals surface area contributed by atoms with Crippen LogP contribution >= 0.6 is 58.2 Å². The molecular weight excluding hydrogens is 452 g/mol. The van der Waals surface area contributed by atoms with Gasteiger partial charge in [0.15, 0.2) is 5.82 Å². The minimum atomic E-state index is -0.257. The molecule has 1 amide bonds. The molecule has 0 atom stereocenters. The number of nitrogen functional groups attached to an aromatic ring is 1. The van der Waals surface area contributed by atoms with E-state index in [1.54, 1.807) is 36.4 Å². The van der Waals surface area contributed by atoms with Gasteiger partial charge in [-0.15, -0.1) is 10.2 Å². The first kappa shape index (κ1) is 20.1. The van der Waals surface area contributed by atoms with E-state index in [-0.39, 0.29) is 11.7 Å².